The minimum atomic E-state index is 0.698. The number of rotatable bonds is 2. The number of aryl methyl sites for hydroxylation is 2. The van der Waals surface area contributed by atoms with Gasteiger partial charge in [0.15, 0.2) is 0 Å². The molecule has 0 aliphatic carbocycles. The lowest BCUT2D eigenvalue weighted by Crippen LogP contribution is -1.84. The molecule has 4 nitrogen and oxygen atoms in total. The van der Waals surface area contributed by atoms with Gasteiger partial charge in [-0.05, 0) is 6.92 Å². The van der Waals surface area contributed by atoms with Gasteiger partial charge in [-0.15, -0.1) is 0 Å². The normalized spacial score (nSPS) is 11.1. The number of hydrogen-bond donors (Lipinski definition) is 2. The van der Waals surface area contributed by atoms with E-state index in [0.29, 0.717) is 5.69 Å². The van der Waals surface area contributed by atoms with E-state index in [2.05, 4.69) is 15.1 Å². The molecule has 0 saturated carbocycles. The van der Waals surface area contributed by atoms with Crippen molar-refractivity contribution < 1.29 is 5.21 Å². The molecule has 0 saturated heterocycles. The molecule has 1 aromatic rings. The van der Waals surface area contributed by atoms with E-state index >= 15 is 0 Å². The van der Waals surface area contributed by atoms with Gasteiger partial charge in [-0.1, -0.05) is 12.1 Å². The number of hydrogen-bond acceptors (Lipinski definition) is 3. The van der Waals surface area contributed by atoms with Crippen molar-refractivity contribution in [3.8, 4) is 0 Å². The fourth-order valence-corrected chi connectivity index (χ4v) is 0.885. The standard InChI is InChI=1S/C7H11N3O/c1-3-7-9-5(2)6(10-7)4-8-11/h4,11H,3H2,1-2H3,(H,9,10). The van der Waals surface area contributed by atoms with E-state index in [1.807, 2.05) is 13.8 Å². The van der Waals surface area contributed by atoms with Gasteiger partial charge in [-0.25, -0.2) is 4.98 Å². The fraction of sp³-hybridized carbons (Fsp3) is 0.429. The molecule has 0 aromatic carbocycles. The lowest BCUT2D eigenvalue weighted by molar-refractivity contribution is 0.321. The molecule has 0 fully saturated rings. The van der Waals surface area contributed by atoms with E-state index in [4.69, 9.17) is 5.21 Å². The van der Waals surface area contributed by atoms with Gasteiger partial charge >= 0.3 is 0 Å². The van der Waals surface area contributed by atoms with Gasteiger partial charge in [0.05, 0.1) is 6.21 Å². The molecule has 0 bridgehead atoms. The molecule has 1 heterocycles. The molecule has 0 aliphatic heterocycles. The van der Waals surface area contributed by atoms with E-state index < -0.39 is 0 Å². The summed E-state index contributed by atoms with van der Waals surface area (Å²) in [7, 11) is 0. The van der Waals surface area contributed by atoms with Crippen LogP contribution in [0.25, 0.3) is 0 Å². The maximum atomic E-state index is 8.24. The zero-order valence-electron chi connectivity index (χ0n) is 6.63. The SMILES string of the molecule is CCc1nc(C=NO)c(C)[nH]1. The predicted molar refractivity (Wildman–Crippen MR) is 42.1 cm³/mol. The van der Waals surface area contributed by atoms with Crippen LogP contribution in [0.3, 0.4) is 0 Å². The van der Waals surface area contributed by atoms with E-state index in [9.17, 15) is 0 Å². The largest absolute Gasteiger partial charge is 0.411 e. The van der Waals surface area contributed by atoms with E-state index in [-0.39, 0.29) is 0 Å². The Kier molecular flexibility index (Phi) is 2.25. The van der Waals surface area contributed by atoms with E-state index in [0.717, 1.165) is 17.9 Å². The van der Waals surface area contributed by atoms with Crippen LogP contribution in [0.1, 0.15) is 24.1 Å². The second-order valence-corrected chi connectivity index (χ2v) is 2.29. The maximum absolute atomic E-state index is 8.24. The predicted octanol–water partition coefficient (Wildman–Crippen LogP) is 1.09. The number of nitrogens with zero attached hydrogens (tertiary/aromatic N) is 2. The van der Waals surface area contributed by atoms with Crippen LogP contribution in [-0.2, 0) is 6.42 Å². The summed E-state index contributed by atoms with van der Waals surface area (Å²) in [6, 6.07) is 0. The van der Waals surface area contributed by atoms with Gasteiger partial charge in [-0.3, -0.25) is 0 Å². The van der Waals surface area contributed by atoms with Crippen LogP contribution in [0, 0.1) is 6.92 Å². The van der Waals surface area contributed by atoms with E-state index in [1.165, 1.54) is 6.21 Å². The summed E-state index contributed by atoms with van der Waals surface area (Å²) in [6.45, 7) is 3.90. The van der Waals surface area contributed by atoms with Gasteiger partial charge in [0.25, 0.3) is 0 Å². The summed E-state index contributed by atoms with van der Waals surface area (Å²) >= 11 is 0. The number of imidazole rings is 1. The summed E-state index contributed by atoms with van der Waals surface area (Å²) in [6.07, 6.45) is 2.19. The highest BCUT2D eigenvalue weighted by molar-refractivity contribution is 5.77. The Balaban J connectivity index is 2.97. The van der Waals surface area contributed by atoms with Crippen molar-refractivity contribution in [2.75, 3.05) is 0 Å². The Morgan fingerprint density at radius 1 is 1.73 bits per heavy atom. The third-order valence-corrected chi connectivity index (χ3v) is 1.49. The van der Waals surface area contributed by atoms with Crippen molar-refractivity contribution in [2.24, 2.45) is 5.16 Å². The molecule has 1 rings (SSSR count). The van der Waals surface area contributed by atoms with Crippen LogP contribution < -0.4 is 0 Å². The lowest BCUT2D eigenvalue weighted by Gasteiger charge is -1.82. The van der Waals surface area contributed by atoms with Crippen molar-refractivity contribution >= 4 is 6.21 Å². The number of H-pyrrole nitrogens is 1. The van der Waals surface area contributed by atoms with Crippen molar-refractivity contribution in [3.63, 3.8) is 0 Å². The molecule has 1 aromatic heterocycles. The van der Waals surface area contributed by atoms with Crippen molar-refractivity contribution in [3.05, 3.63) is 17.2 Å². The second-order valence-electron chi connectivity index (χ2n) is 2.29. The van der Waals surface area contributed by atoms with Gasteiger partial charge in [0.2, 0.25) is 0 Å². The Morgan fingerprint density at radius 3 is 2.91 bits per heavy atom. The Labute approximate surface area is 65.0 Å². The fourth-order valence-electron chi connectivity index (χ4n) is 0.885. The van der Waals surface area contributed by atoms with Crippen LogP contribution in [-0.4, -0.2) is 21.4 Å². The number of oxime groups is 1. The number of nitrogens with one attached hydrogen (secondary N) is 1. The summed E-state index contributed by atoms with van der Waals surface area (Å²) < 4.78 is 0. The topological polar surface area (TPSA) is 61.3 Å². The Hall–Kier alpha value is -1.32. The van der Waals surface area contributed by atoms with Crippen LogP contribution >= 0.6 is 0 Å². The molecule has 0 aliphatic rings. The third-order valence-electron chi connectivity index (χ3n) is 1.49. The van der Waals surface area contributed by atoms with Crippen LogP contribution in [0.4, 0.5) is 0 Å². The molecule has 60 valence electrons. The molecule has 0 spiro atoms. The molecule has 11 heavy (non-hydrogen) atoms. The second kappa shape index (κ2) is 3.18. The van der Waals surface area contributed by atoms with Gasteiger partial charge in [0, 0.05) is 12.1 Å². The minimum absolute atomic E-state index is 0.698. The molecular formula is C7H11N3O. The van der Waals surface area contributed by atoms with Crippen LogP contribution in [0.5, 0.6) is 0 Å². The average molecular weight is 153 g/mol. The summed E-state index contributed by atoms with van der Waals surface area (Å²) in [5, 5.41) is 11.1. The first-order valence-corrected chi connectivity index (χ1v) is 3.50. The molecular weight excluding hydrogens is 142 g/mol. The zero-order chi connectivity index (χ0) is 8.27. The van der Waals surface area contributed by atoms with Crippen molar-refractivity contribution in [1.82, 2.24) is 9.97 Å². The maximum Gasteiger partial charge on any atom is 0.106 e. The Morgan fingerprint density at radius 2 is 2.45 bits per heavy atom. The molecule has 0 atom stereocenters. The van der Waals surface area contributed by atoms with Gasteiger partial charge < -0.3 is 10.2 Å². The average Bonchev–Trinajstić information content (AvgIpc) is 2.33. The highest BCUT2D eigenvalue weighted by atomic mass is 16.4. The highest BCUT2D eigenvalue weighted by Gasteiger charge is 2.01. The molecule has 4 heteroatoms. The van der Waals surface area contributed by atoms with Gasteiger partial charge in [0.1, 0.15) is 11.5 Å². The number of aromatic nitrogens is 2. The van der Waals surface area contributed by atoms with Crippen LogP contribution in [0.15, 0.2) is 5.16 Å². The minimum Gasteiger partial charge on any atom is -0.411 e. The van der Waals surface area contributed by atoms with E-state index in [1.54, 1.807) is 0 Å². The van der Waals surface area contributed by atoms with Gasteiger partial charge in [-0.2, -0.15) is 0 Å². The highest BCUT2D eigenvalue weighted by Crippen LogP contribution is 2.02. The first-order chi connectivity index (χ1) is 5.27. The summed E-state index contributed by atoms with van der Waals surface area (Å²) in [5.41, 5.74) is 1.63. The molecule has 0 amide bonds. The quantitative estimate of drug-likeness (QED) is 0.379. The Bertz CT molecular complexity index is 265. The molecule has 2 N–H and O–H groups in total. The lowest BCUT2D eigenvalue weighted by atomic mass is 10.4. The monoisotopic (exact) mass is 153 g/mol. The van der Waals surface area contributed by atoms with Crippen molar-refractivity contribution in [2.45, 2.75) is 20.3 Å². The first-order valence-electron chi connectivity index (χ1n) is 3.50. The number of aromatic amines is 1. The first kappa shape index (κ1) is 7.78. The zero-order valence-corrected chi connectivity index (χ0v) is 6.63. The summed E-state index contributed by atoms with van der Waals surface area (Å²) in [5.74, 6) is 0.914. The summed E-state index contributed by atoms with van der Waals surface area (Å²) in [4.78, 5) is 7.22. The molecule has 0 radical (unpaired) electrons. The molecule has 0 unspecified atom stereocenters. The smallest absolute Gasteiger partial charge is 0.106 e. The van der Waals surface area contributed by atoms with Crippen molar-refractivity contribution in [1.29, 1.82) is 0 Å². The van der Waals surface area contributed by atoms with Crippen LogP contribution in [0.2, 0.25) is 0 Å². The third kappa shape index (κ3) is 1.58.